The van der Waals surface area contributed by atoms with E-state index in [0.717, 1.165) is 31.4 Å². The molecule has 4 nitrogen and oxygen atoms in total. The van der Waals surface area contributed by atoms with Crippen molar-refractivity contribution in [1.29, 1.82) is 5.26 Å². The molecule has 1 fully saturated rings. The third-order valence-corrected chi connectivity index (χ3v) is 3.61. The number of pyridine rings is 1. The number of anilines is 1. The third-order valence-electron chi connectivity index (χ3n) is 3.61. The maximum absolute atomic E-state index is 9.46. The summed E-state index contributed by atoms with van der Waals surface area (Å²) in [5.74, 6) is 0. The highest BCUT2D eigenvalue weighted by Crippen LogP contribution is 2.38. The normalized spacial score (nSPS) is 28.6. The van der Waals surface area contributed by atoms with Crippen LogP contribution in [0.1, 0.15) is 31.4 Å². The molecule has 1 heterocycles. The van der Waals surface area contributed by atoms with Gasteiger partial charge in [0.15, 0.2) is 0 Å². The Kier molecular flexibility index (Phi) is 3.30. The SMILES string of the molecule is COC1CCC(C#N)(c2ccc(N)cn2)CC1. The smallest absolute Gasteiger partial charge is 0.0995 e. The number of hydrogen-bond donors (Lipinski definition) is 1. The van der Waals surface area contributed by atoms with Crippen molar-refractivity contribution in [3.63, 3.8) is 0 Å². The lowest BCUT2D eigenvalue weighted by Crippen LogP contribution is -2.33. The Bertz CT molecular complexity index is 413. The third kappa shape index (κ3) is 2.25. The predicted octanol–water partition coefficient (Wildman–Crippen LogP) is 2.01. The Hall–Kier alpha value is -1.60. The van der Waals surface area contributed by atoms with Gasteiger partial charge >= 0.3 is 0 Å². The minimum atomic E-state index is -0.456. The standard InChI is InChI=1S/C13H17N3O/c1-17-11-4-6-13(9-14,7-5-11)12-3-2-10(15)8-16-12/h2-3,8,11H,4-7,15H2,1H3. The number of nitriles is 1. The second-order valence-electron chi connectivity index (χ2n) is 4.61. The molecule has 1 aromatic rings. The molecule has 0 amide bonds. The minimum Gasteiger partial charge on any atom is -0.397 e. The summed E-state index contributed by atoms with van der Waals surface area (Å²) in [4.78, 5) is 4.31. The molecule has 90 valence electrons. The number of methoxy groups -OCH3 is 1. The van der Waals surface area contributed by atoms with E-state index in [1.165, 1.54) is 0 Å². The van der Waals surface area contributed by atoms with Crippen molar-refractivity contribution in [2.45, 2.75) is 37.2 Å². The van der Waals surface area contributed by atoms with Gasteiger partial charge in [-0.1, -0.05) is 0 Å². The lowest BCUT2D eigenvalue weighted by atomic mass is 9.72. The molecule has 0 unspecified atom stereocenters. The van der Waals surface area contributed by atoms with Crippen LogP contribution in [0.25, 0.3) is 0 Å². The van der Waals surface area contributed by atoms with Gasteiger partial charge in [0.05, 0.1) is 35.2 Å². The van der Waals surface area contributed by atoms with Crippen molar-refractivity contribution in [1.82, 2.24) is 4.98 Å². The average molecular weight is 231 g/mol. The number of nitrogens with two attached hydrogens (primary N) is 1. The summed E-state index contributed by atoms with van der Waals surface area (Å²) in [6.07, 6.45) is 5.34. The van der Waals surface area contributed by atoms with E-state index in [2.05, 4.69) is 11.1 Å². The van der Waals surface area contributed by atoms with E-state index in [0.29, 0.717) is 5.69 Å². The minimum absolute atomic E-state index is 0.283. The van der Waals surface area contributed by atoms with Crippen molar-refractivity contribution >= 4 is 5.69 Å². The largest absolute Gasteiger partial charge is 0.397 e. The molecule has 0 spiro atoms. The van der Waals surface area contributed by atoms with Crippen LogP contribution in [0.2, 0.25) is 0 Å². The van der Waals surface area contributed by atoms with Gasteiger partial charge in [-0.3, -0.25) is 4.98 Å². The first-order valence-electron chi connectivity index (χ1n) is 5.86. The Morgan fingerprint density at radius 1 is 1.47 bits per heavy atom. The summed E-state index contributed by atoms with van der Waals surface area (Å²) in [5, 5.41) is 9.46. The van der Waals surface area contributed by atoms with E-state index < -0.39 is 5.41 Å². The first kappa shape index (κ1) is 11.9. The molecule has 0 aromatic carbocycles. The van der Waals surface area contributed by atoms with E-state index in [9.17, 15) is 5.26 Å². The fraction of sp³-hybridized carbons (Fsp3) is 0.538. The molecule has 0 bridgehead atoms. The molecule has 0 aliphatic heterocycles. The van der Waals surface area contributed by atoms with E-state index in [4.69, 9.17) is 10.5 Å². The van der Waals surface area contributed by atoms with Gasteiger partial charge in [0.2, 0.25) is 0 Å². The van der Waals surface area contributed by atoms with Crippen LogP contribution in [0.15, 0.2) is 18.3 Å². The van der Waals surface area contributed by atoms with Crippen LogP contribution in [-0.4, -0.2) is 18.2 Å². The second kappa shape index (κ2) is 4.72. The molecule has 0 atom stereocenters. The van der Waals surface area contributed by atoms with E-state index in [1.54, 1.807) is 13.3 Å². The number of hydrogen-bond acceptors (Lipinski definition) is 4. The second-order valence-corrected chi connectivity index (χ2v) is 4.61. The van der Waals surface area contributed by atoms with Gasteiger partial charge in [0.1, 0.15) is 0 Å². The topological polar surface area (TPSA) is 71.9 Å². The lowest BCUT2D eigenvalue weighted by Gasteiger charge is -2.33. The van der Waals surface area contributed by atoms with Gasteiger partial charge in [-0.05, 0) is 37.8 Å². The van der Waals surface area contributed by atoms with Crippen molar-refractivity contribution in [3.8, 4) is 6.07 Å². The van der Waals surface area contributed by atoms with Crippen molar-refractivity contribution < 1.29 is 4.74 Å². The van der Waals surface area contributed by atoms with Crippen LogP contribution in [0.4, 0.5) is 5.69 Å². The molecule has 1 aliphatic carbocycles. The molecular formula is C13H17N3O. The van der Waals surface area contributed by atoms with Crippen LogP contribution in [0.5, 0.6) is 0 Å². The fourth-order valence-electron chi connectivity index (χ4n) is 2.43. The number of nitrogens with zero attached hydrogens (tertiary/aromatic N) is 2. The first-order valence-corrected chi connectivity index (χ1v) is 5.86. The van der Waals surface area contributed by atoms with Crippen LogP contribution < -0.4 is 5.73 Å². The molecule has 2 N–H and O–H groups in total. The molecule has 0 radical (unpaired) electrons. The Morgan fingerprint density at radius 2 is 2.18 bits per heavy atom. The molecule has 1 aromatic heterocycles. The average Bonchev–Trinajstić information content (AvgIpc) is 2.40. The molecule has 0 saturated heterocycles. The Morgan fingerprint density at radius 3 is 2.65 bits per heavy atom. The van der Waals surface area contributed by atoms with Gasteiger partial charge in [0, 0.05) is 7.11 Å². The summed E-state index contributed by atoms with van der Waals surface area (Å²) in [6.45, 7) is 0. The zero-order valence-electron chi connectivity index (χ0n) is 10.0. The number of rotatable bonds is 2. The quantitative estimate of drug-likeness (QED) is 0.845. The van der Waals surface area contributed by atoms with Gasteiger partial charge in [-0.2, -0.15) is 5.26 Å². The maximum atomic E-state index is 9.46. The Labute approximate surface area is 101 Å². The molecule has 17 heavy (non-hydrogen) atoms. The summed E-state index contributed by atoms with van der Waals surface area (Å²) in [7, 11) is 1.73. The summed E-state index contributed by atoms with van der Waals surface area (Å²) >= 11 is 0. The van der Waals surface area contributed by atoms with Crippen molar-refractivity contribution in [3.05, 3.63) is 24.0 Å². The first-order chi connectivity index (χ1) is 8.20. The highest BCUT2D eigenvalue weighted by atomic mass is 16.5. The lowest BCUT2D eigenvalue weighted by molar-refractivity contribution is 0.0568. The molecular weight excluding hydrogens is 214 g/mol. The van der Waals surface area contributed by atoms with Crippen LogP contribution in [0.3, 0.4) is 0 Å². The van der Waals surface area contributed by atoms with E-state index in [1.807, 2.05) is 12.1 Å². The molecule has 1 aliphatic rings. The van der Waals surface area contributed by atoms with Crippen LogP contribution >= 0.6 is 0 Å². The number of ether oxygens (including phenoxy) is 1. The molecule has 4 heteroatoms. The summed E-state index contributed by atoms with van der Waals surface area (Å²) in [6, 6.07) is 6.12. The molecule has 1 saturated carbocycles. The van der Waals surface area contributed by atoms with Crippen LogP contribution in [0, 0.1) is 11.3 Å². The van der Waals surface area contributed by atoms with Crippen molar-refractivity contribution in [2.24, 2.45) is 0 Å². The summed E-state index contributed by atoms with van der Waals surface area (Å²) in [5.41, 5.74) is 6.63. The van der Waals surface area contributed by atoms with Gasteiger partial charge < -0.3 is 10.5 Å². The zero-order chi connectivity index (χ0) is 12.3. The summed E-state index contributed by atoms with van der Waals surface area (Å²) < 4.78 is 5.33. The number of nitrogen functional groups attached to an aromatic ring is 1. The predicted molar refractivity (Wildman–Crippen MR) is 65.2 cm³/mol. The highest BCUT2D eigenvalue weighted by molar-refractivity contribution is 5.38. The van der Waals surface area contributed by atoms with Crippen molar-refractivity contribution in [2.75, 3.05) is 12.8 Å². The van der Waals surface area contributed by atoms with Gasteiger partial charge in [0.25, 0.3) is 0 Å². The zero-order valence-corrected chi connectivity index (χ0v) is 10.0. The van der Waals surface area contributed by atoms with E-state index in [-0.39, 0.29) is 6.10 Å². The monoisotopic (exact) mass is 231 g/mol. The van der Waals surface area contributed by atoms with E-state index >= 15 is 0 Å². The van der Waals surface area contributed by atoms with Gasteiger partial charge in [-0.25, -0.2) is 0 Å². The maximum Gasteiger partial charge on any atom is 0.0995 e. The fourth-order valence-corrected chi connectivity index (χ4v) is 2.43. The molecule has 2 rings (SSSR count). The van der Waals surface area contributed by atoms with Crippen LogP contribution in [-0.2, 0) is 10.2 Å². The van der Waals surface area contributed by atoms with Gasteiger partial charge in [-0.15, -0.1) is 0 Å². The number of aromatic nitrogens is 1. The Balaban J connectivity index is 2.22. The highest BCUT2D eigenvalue weighted by Gasteiger charge is 2.38.